The molecule has 0 aliphatic heterocycles. The van der Waals surface area contributed by atoms with Gasteiger partial charge in [0.2, 0.25) is 0 Å². The summed E-state index contributed by atoms with van der Waals surface area (Å²) in [6.07, 6.45) is 2.62. The number of methoxy groups -OCH3 is 1. The Balaban J connectivity index is 2.06. The predicted molar refractivity (Wildman–Crippen MR) is 88.8 cm³/mol. The Bertz CT molecular complexity index is 875. The number of hydrogen-bond donors (Lipinski definition) is 0. The monoisotopic (exact) mass is 307 g/mol. The lowest BCUT2D eigenvalue weighted by Gasteiger charge is -2.06. The Kier molecular flexibility index (Phi) is 3.98. The van der Waals surface area contributed by atoms with Gasteiger partial charge in [-0.05, 0) is 42.3 Å². The average Bonchev–Trinajstić information content (AvgIpc) is 3.04. The number of hydrogen-bond acceptors (Lipinski definition) is 3. The highest BCUT2D eigenvalue weighted by molar-refractivity contribution is 6.08. The molecule has 0 N–H and O–H groups in total. The number of aromatic nitrogens is 1. The molecule has 116 valence electrons. The summed E-state index contributed by atoms with van der Waals surface area (Å²) in [4.78, 5) is 24.5. The lowest BCUT2D eigenvalue weighted by atomic mass is 10.1. The van der Waals surface area contributed by atoms with Crippen LogP contribution in [0.25, 0.3) is 10.9 Å². The Morgan fingerprint density at radius 3 is 2.43 bits per heavy atom. The molecule has 0 aliphatic rings. The highest BCUT2D eigenvalue weighted by atomic mass is 16.5. The normalized spacial score (nSPS) is 10.7. The van der Waals surface area contributed by atoms with Gasteiger partial charge in [-0.25, -0.2) is 4.79 Å². The maximum absolute atomic E-state index is 12.7. The van der Waals surface area contributed by atoms with Gasteiger partial charge in [-0.3, -0.25) is 9.36 Å². The van der Waals surface area contributed by atoms with E-state index in [4.69, 9.17) is 4.74 Å². The fourth-order valence-corrected chi connectivity index (χ4v) is 2.65. The molecule has 0 radical (unpaired) electrons. The summed E-state index contributed by atoms with van der Waals surface area (Å²) in [5.41, 5.74) is 2.95. The van der Waals surface area contributed by atoms with Gasteiger partial charge in [-0.1, -0.05) is 25.1 Å². The molecule has 1 aromatic heterocycles. The molecule has 0 fully saturated rings. The molecule has 0 atom stereocenters. The van der Waals surface area contributed by atoms with Gasteiger partial charge >= 0.3 is 5.97 Å². The van der Waals surface area contributed by atoms with Crippen molar-refractivity contribution in [3.05, 3.63) is 71.4 Å². The lowest BCUT2D eigenvalue weighted by Crippen LogP contribution is -2.11. The van der Waals surface area contributed by atoms with Crippen molar-refractivity contribution in [2.24, 2.45) is 0 Å². The summed E-state index contributed by atoms with van der Waals surface area (Å²) in [6, 6.07) is 14.6. The third-order valence-corrected chi connectivity index (χ3v) is 3.97. The molecular formula is C19H17NO3. The fraction of sp³-hybridized carbons (Fsp3) is 0.158. The van der Waals surface area contributed by atoms with Crippen molar-refractivity contribution in [3.8, 4) is 0 Å². The minimum Gasteiger partial charge on any atom is -0.465 e. The molecule has 1 heterocycles. The Morgan fingerprint density at radius 2 is 1.78 bits per heavy atom. The van der Waals surface area contributed by atoms with E-state index < -0.39 is 5.97 Å². The van der Waals surface area contributed by atoms with Crippen molar-refractivity contribution in [1.82, 2.24) is 4.57 Å². The van der Waals surface area contributed by atoms with E-state index in [0.717, 1.165) is 6.42 Å². The van der Waals surface area contributed by atoms with Crippen LogP contribution in [-0.4, -0.2) is 23.6 Å². The van der Waals surface area contributed by atoms with Gasteiger partial charge in [0.05, 0.1) is 18.2 Å². The van der Waals surface area contributed by atoms with Gasteiger partial charge < -0.3 is 4.74 Å². The van der Waals surface area contributed by atoms with Crippen molar-refractivity contribution in [2.75, 3.05) is 7.11 Å². The minimum atomic E-state index is -0.409. The van der Waals surface area contributed by atoms with E-state index in [-0.39, 0.29) is 5.91 Å². The molecule has 0 unspecified atom stereocenters. The lowest BCUT2D eigenvalue weighted by molar-refractivity contribution is 0.0602. The van der Waals surface area contributed by atoms with Crippen LogP contribution < -0.4 is 0 Å². The molecule has 0 aliphatic carbocycles. The fourth-order valence-electron chi connectivity index (χ4n) is 2.65. The first kappa shape index (κ1) is 15.0. The summed E-state index contributed by atoms with van der Waals surface area (Å²) in [7, 11) is 1.35. The largest absolute Gasteiger partial charge is 0.465 e. The van der Waals surface area contributed by atoms with Crippen molar-refractivity contribution in [1.29, 1.82) is 0 Å². The Labute approximate surface area is 134 Å². The number of fused-ring (bicyclic) bond motifs is 1. The standard InChI is InChI=1S/C19H17NO3/c1-3-13-7-9-14(10-8-13)18(21)20-12-11-15-16(19(22)23-2)5-4-6-17(15)20/h4-12H,3H2,1-2H3. The van der Waals surface area contributed by atoms with Crippen LogP contribution in [0.1, 0.15) is 33.2 Å². The molecule has 4 heteroatoms. The number of rotatable bonds is 3. The summed E-state index contributed by atoms with van der Waals surface area (Å²) in [6.45, 7) is 2.07. The van der Waals surface area contributed by atoms with Crippen LogP contribution in [0.2, 0.25) is 0 Å². The van der Waals surface area contributed by atoms with Crippen LogP contribution in [0, 0.1) is 0 Å². The molecule has 0 saturated carbocycles. The highest BCUT2D eigenvalue weighted by Gasteiger charge is 2.16. The summed E-state index contributed by atoms with van der Waals surface area (Å²) in [5, 5.41) is 0.706. The third kappa shape index (κ3) is 2.63. The van der Waals surface area contributed by atoms with E-state index in [1.807, 2.05) is 30.3 Å². The number of carbonyl (C=O) groups excluding carboxylic acids is 2. The first-order valence-electron chi connectivity index (χ1n) is 7.47. The van der Waals surface area contributed by atoms with E-state index in [1.165, 1.54) is 12.7 Å². The van der Waals surface area contributed by atoms with E-state index in [0.29, 0.717) is 22.0 Å². The topological polar surface area (TPSA) is 48.3 Å². The van der Waals surface area contributed by atoms with Crippen molar-refractivity contribution >= 4 is 22.8 Å². The summed E-state index contributed by atoms with van der Waals surface area (Å²) in [5.74, 6) is -0.530. The molecule has 4 nitrogen and oxygen atoms in total. The molecule has 23 heavy (non-hydrogen) atoms. The smallest absolute Gasteiger partial charge is 0.338 e. The van der Waals surface area contributed by atoms with E-state index in [9.17, 15) is 9.59 Å². The summed E-state index contributed by atoms with van der Waals surface area (Å²) >= 11 is 0. The Hall–Kier alpha value is -2.88. The highest BCUT2D eigenvalue weighted by Crippen LogP contribution is 2.22. The summed E-state index contributed by atoms with van der Waals surface area (Å²) < 4.78 is 6.35. The average molecular weight is 307 g/mol. The van der Waals surface area contributed by atoms with Crippen molar-refractivity contribution in [3.63, 3.8) is 0 Å². The first-order chi connectivity index (χ1) is 11.2. The van der Waals surface area contributed by atoms with Crippen LogP contribution in [-0.2, 0) is 11.2 Å². The van der Waals surface area contributed by atoms with Gasteiger partial charge in [-0.15, -0.1) is 0 Å². The number of ether oxygens (including phenoxy) is 1. The zero-order chi connectivity index (χ0) is 16.4. The van der Waals surface area contributed by atoms with Crippen molar-refractivity contribution in [2.45, 2.75) is 13.3 Å². The van der Waals surface area contributed by atoms with Crippen LogP contribution in [0.5, 0.6) is 0 Å². The SMILES string of the molecule is CCc1ccc(C(=O)n2ccc3c(C(=O)OC)cccc32)cc1. The molecule has 0 bridgehead atoms. The Morgan fingerprint density at radius 1 is 1.04 bits per heavy atom. The van der Waals surface area contributed by atoms with E-state index >= 15 is 0 Å². The van der Waals surface area contributed by atoms with Crippen LogP contribution in [0.3, 0.4) is 0 Å². The maximum atomic E-state index is 12.7. The van der Waals surface area contributed by atoms with Gasteiger partial charge in [0.1, 0.15) is 0 Å². The second kappa shape index (κ2) is 6.08. The second-order valence-electron chi connectivity index (χ2n) is 5.27. The zero-order valence-electron chi connectivity index (χ0n) is 13.1. The van der Waals surface area contributed by atoms with Gasteiger partial charge in [0, 0.05) is 17.1 Å². The minimum absolute atomic E-state index is 0.121. The first-order valence-corrected chi connectivity index (χ1v) is 7.47. The number of aryl methyl sites for hydroxylation is 1. The molecule has 0 saturated heterocycles. The van der Waals surface area contributed by atoms with Crippen LogP contribution in [0.4, 0.5) is 0 Å². The third-order valence-electron chi connectivity index (χ3n) is 3.97. The molecular weight excluding hydrogens is 290 g/mol. The molecule has 2 aromatic carbocycles. The van der Waals surface area contributed by atoms with Crippen LogP contribution in [0.15, 0.2) is 54.7 Å². The predicted octanol–water partition coefficient (Wildman–Crippen LogP) is 3.68. The number of benzene rings is 2. The molecule has 3 rings (SSSR count). The zero-order valence-corrected chi connectivity index (χ0v) is 13.1. The van der Waals surface area contributed by atoms with Gasteiger partial charge in [-0.2, -0.15) is 0 Å². The molecule has 3 aromatic rings. The second-order valence-corrected chi connectivity index (χ2v) is 5.27. The number of carbonyl (C=O) groups is 2. The quantitative estimate of drug-likeness (QED) is 0.694. The van der Waals surface area contributed by atoms with Gasteiger partial charge in [0.25, 0.3) is 5.91 Å². The van der Waals surface area contributed by atoms with E-state index in [1.54, 1.807) is 29.0 Å². The van der Waals surface area contributed by atoms with Crippen molar-refractivity contribution < 1.29 is 14.3 Å². The molecule has 0 spiro atoms. The number of esters is 1. The van der Waals surface area contributed by atoms with Gasteiger partial charge in [0.15, 0.2) is 0 Å². The number of nitrogens with zero attached hydrogens (tertiary/aromatic N) is 1. The maximum Gasteiger partial charge on any atom is 0.338 e. The van der Waals surface area contributed by atoms with Crippen LogP contribution >= 0.6 is 0 Å². The van der Waals surface area contributed by atoms with E-state index in [2.05, 4.69) is 6.92 Å². The molecule has 0 amide bonds.